The van der Waals surface area contributed by atoms with E-state index in [2.05, 4.69) is 15.6 Å². The molecule has 12 heteroatoms. The van der Waals surface area contributed by atoms with E-state index < -0.39 is 0 Å². The molecule has 0 spiro atoms. The predicted molar refractivity (Wildman–Crippen MR) is 139 cm³/mol. The smallest absolute Gasteiger partial charge is 0.241 e. The fourth-order valence-corrected chi connectivity index (χ4v) is 3.88. The number of aromatic nitrogens is 2. The minimum atomic E-state index is -0.320. The number of carbonyl (C=O) groups excluding carboxylic acids is 1. The number of amides is 1. The number of benzene rings is 1. The highest BCUT2D eigenvalue weighted by Crippen LogP contribution is 2.32. The molecule has 1 aromatic carbocycles. The van der Waals surface area contributed by atoms with Crippen molar-refractivity contribution in [2.24, 2.45) is 0 Å². The standard InChI is InChI=1S/C24H29N8O4/c1-30-13-14-31(22(33)15-30)18-7-9-20(28-23(18)16-3-5-17(36-2)6-4-16)26-11-12-27-21-10-8-19(32(34)35)24(25)29-21/h3-10,34H,11-15H2,1-2H3,(H,26,28)(H3,25,27,29)/q-1. The number of nitrogens with one attached hydrogen (secondary N) is 2. The molecule has 36 heavy (non-hydrogen) atoms. The van der Waals surface area contributed by atoms with Crippen LogP contribution >= 0.6 is 0 Å². The van der Waals surface area contributed by atoms with E-state index in [0.29, 0.717) is 43.5 Å². The Bertz CT molecular complexity index is 1210. The second-order valence-electron chi connectivity index (χ2n) is 8.30. The molecule has 0 radical (unpaired) electrons. The normalized spacial score (nSPS) is 14.0. The summed E-state index contributed by atoms with van der Waals surface area (Å²) in [5.74, 6) is 1.81. The molecule has 5 N–H and O–H groups in total. The van der Waals surface area contributed by atoms with Gasteiger partial charge in [0.2, 0.25) is 5.91 Å². The van der Waals surface area contributed by atoms with Crippen molar-refractivity contribution in [3.05, 3.63) is 53.7 Å². The van der Waals surface area contributed by atoms with Crippen LogP contribution in [0.15, 0.2) is 48.5 Å². The van der Waals surface area contributed by atoms with E-state index in [1.54, 1.807) is 18.1 Å². The topological polar surface area (TPSA) is 155 Å². The van der Waals surface area contributed by atoms with Gasteiger partial charge in [0.25, 0.3) is 0 Å². The van der Waals surface area contributed by atoms with E-state index in [4.69, 9.17) is 20.7 Å². The van der Waals surface area contributed by atoms with E-state index in [-0.39, 0.29) is 22.6 Å². The van der Waals surface area contributed by atoms with Crippen LogP contribution in [0.25, 0.3) is 11.3 Å². The fourth-order valence-electron chi connectivity index (χ4n) is 3.88. The molecule has 1 aliphatic heterocycles. The largest absolute Gasteiger partial charge is 0.733 e. The first-order chi connectivity index (χ1) is 17.4. The summed E-state index contributed by atoms with van der Waals surface area (Å²) in [6, 6.07) is 14.3. The molecule has 0 saturated carbocycles. The predicted octanol–water partition coefficient (Wildman–Crippen LogP) is 2.23. The highest BCUT2D eigenvalue weighted by Gasteiger charge is 2.26. The summed E-state index contributed by atoms with van der Waals surface area (Å²) >= 11 is 0. The first kappa shape index (κ1) is 25.0. The lowest BCUT2D eigenvalue weighted by Crippen LogP contribution is -2.49. The third kappa shape index (κ3) is 5.74. The van der Waals surface area contributed by atoms with Crippen LogP contribution in [0.3, 0.4) is 0 Å². The Kier molecular flexibility index (Phi) is 7.68. The lowest BCUT2D eigenvalue weighted by molar-refractivity contribution is -0.120. The number of hydrogen-bond donors (Lipinski definition) is 4. The van der Waals surface area contributed by atoms with Gasteiger partial charge in [0.05, 0.1) is 30.7 Å². The molecule has 3 heterocycles. The summed E-state index contributed by atoms with van der Waals surface area (Å²) < 4.78 is 5.28. The summed E-state index contributed by atoms with van der Waals surface area (Å²) in [7, 11) is 3.55. The number of anilines is 5. The van der Waals surface area contributed by atoms with Crippen molar-refractivity contribution in [1.29, 1.82) is 0 Å². The summed E-state index contributed by atoms with van der Waals surface area (Å²) in [6.07, 6.45) is 0. The number of nitrogens with zero attached hydrogens (tertiary/aromatic N) is 5. The third-order valence-electron chi connectivity index (χ3n) is 5.79. The van der Waals surface area contributed by atoms with Gasteiger partial charge in [0.15, 0.2) is 5.82 Å². The molecule has 190 valence electrons. The van der Waals surface area contributed by atoms with Crippen molar-refractivity contribution < 1.29 is 14.7 Å². The number of hydrogen-bond acceptors (Lipinski definition) is 11. The van der Waals surface area contributed by atoms with Gasteiger partial charge < -0.3 is 36.4 Å². The van der Waals surface area contributed by atoms with Crippen LogP contribution in [0.5, 0.6) is 5.75 Å². The van der Waals surface area contributed by atoms with E-state index in [1.807, 2.05) is 48.3 Å². The van der Waals surface area contributed by atoms with Gasteiger partial charge in [-0.2, -0.15) is 0 Å². The van der Waals surface area contributed by atoms with Gasteiger partial charge in [0, 0.05) is 31.7 Å². The van der Waals surface area contributed by atoms with Crippen molar-refractivity contribution in [3.8, 4) is 17.0 Å². The van der Waals surface area contributed by atoms with Crippen LogP contribution in [0.4, 0.5) is 28.8 Å². The monoisotopic (exact) mass is 493 g/mol. The molecule has 2 aromatic heterocycles. The van der Waals surface area contributed by atoms with Crippen LogP contribution in [0.2, 0.25) is 0 Å². The first-order valence-corrected chi connectivity index (χ1v) is 11.4. The Balaban J connectivity index is 1.49. The van der Waals surface area contributed by atoms with Crippen LogP contribution < -0.4 is 31.2 Å². The van der Waals surface area contributed by atoms with Crippen molar-refractivity contribution in [2.75, 3.05) is 73.4 Å². The van der Waals surface area contributed by atoms with Crippen molar-refractivity contribution in [2.45, 2.75) is 0 Å². The number of likely N-dealkylation sites (N-methyl/N-ethyl adjacent to an activating group) is 1. The Morgan fingerprint density at radius 1 is 1.06 bits per heavy atom. The zero-order valence-corrected chi connectivity index (χ0v) is 20.1. The molecule has 4 rings (SSSR count). The summed E-state index contributed by atoms with van der Waals surface area (Å²) in [5, 5.41) is 26.0. The van der Waals surface area contributed by atoms with Gasteiger partial charge in [-0.25, -0.2) is 9.97 Å². The molecule has 0 bridgehead atoms. The second kappa shape index (κ2) is 11.1. The van der Waals surface area contributed by atoms with Crippen LogP contribution in [0.1, 0.15) is 0 Å². The summed E-state index contributed by atoms with van der Waals surface area (Å²) in [5.41, 5.74) is 7.90. The second-order valence-corrected chi connectivity index (χ2v) is 8.30. The molecule has 0 aliphatic carbocycles. The van der Waals surface area contributed by atoms with E-state index >= 15 is 0 Å². The zero-order chi connectivity index (χ0) is 25.7. The number of pyridine rings is 2. The Morgan fingerprint density at radius 2 is 1.72 bits per heavy atom. The van der Waals surface area contributed by atoms with Gasteiger partial charge in [-0.1, -0.05) is 0 Å². The van der Waals surface area contributed by atoms with E-state index in [0.717, 1.165) is 23.5 Å². The van der Waals surface area contributed by atoms with Crippen LogP contribution in [-0.4, -0.2) is 72.9 Å². The average molecular weight is 494 g/mol. The average Bonchev–Trinajstić information content (AvgIpc) is 2.87. The molecule has 12 nitrogen and oxygen atoms in total. The number of ether oxygens (including phenoxy) is 1. The van der Waals surface area contributed by atoms with Crippen LogP contribution in [0, 0.1) is 5.21 Å². The van der Waals surface area contributed by atoms with Crippen LogP contribution in [-0.2, 0) is 4.79 Å². The van der Waals surface area contributed by atoms with E-state index in [9.17, 15) is 10.0 Å². The SMILES string of the molecule is COc1ccc(-c2nc(NCCNc3ccc(N([O-])O)c(N)n3)ccc2N2CCN(C)CC2=O)cc1. The molecule has 0 unspecified atom stereocenters. The molecular formula is C24H29N8O4-. The molecule has 1 saturated heterocycles. The Morgan fingerprint density at radius 3 is 2.33 bits per heavy atom. The summed E-state index contributed by atoms with van der Waals surface area (Å²) in [4.78, 5) is 25.4. The number of piperazine rings is 1. The number of carbonyl (C=O) groups is 1. The van der Waals surface area contributed by atoms with Gasteiger partial charge >= 0.3 is 0 Å². The fraction of sp³-hybridized carbons (Fsp3) is 0.292. The zero-order valence-electron chi connectivity index (χ0n) is 20.1. The molecule has 1 aliphatic rings. The number of nitrogen functional groups attached to an aromatic ring is 1. The maximum Gasteiger partial charge on any atom is 0.241 e. The number of nitrogens with two attached hydrogens (primary N) is 1. The number of methoxy groups -OCH3 is 1. The molecule has 1 fully saturated rings. The minimum absolute atomic E-state index is 0.0318. The summed E-state index contributed by atoms with van der Waals surface area (Å²) in [6.45, 7) is 2.73. The maximum atomic E-state index is 12.8. The Hall–Kier alpha value is -4.13. The van der Waals surface area contributed by atoms with Gasteiger partial charge in [0.1, 0.15) is 17.4 Å². The number of rotatable bonds is 9. The quantitative estimate of drug-likeness (QED) is 0.256. The maximum absolute atomic E-state index is 12.8. The van der Waals surface area contributed by atoms with E-state index in [1.165, 1.54) is 6.07 Å². The lowest BCUT2D eigenvalue weighted by atomic mass is 10.1. The Labute approximate surface area is 208 Å². The lowest BCUT2D eigenvalue weighted by Gasteiger charge is -2.33. The molecule has 3 aromatic rings. The van der Waals surface area contributed by atoms with Gasteiger partial charge in [-0.15, -0.1) is 0 Å². The van der Waals surface area contributed by atoms with Gasteiger partial charge in [-0.05, 0) is 55.6 Å². The van der Waals surface area contributed by atoms with Crippen molar-refractivity contribution in [3.63, 3.8) is 0 Å². The minimum Gasteiger partial charge on any atom is -0.733 e. The molecular weight excluding hydrogens is 464 g/mol. The first-order valence-electron chi connectivity index (χ1n) is 11.4. The molecule has 0 atom stereocenters. The highest BCUT2D eigenvalue weighted by molar-refractivity contribution is 5.99. The third-order valence-corrected chi connectivity index (χ3v) is 5.79. The van der Waals surface area contributed by atoms with Crippen molar-refractivity contribution in [1.82, 2.24) is 14.9 Å². The van der Waals surface area contributed by atoms with Crippen molar-refractivity contribution >= 4 is 34.7 Å². The highest BCUT2D eigenvalue weighted by atomic mass is 16.8. The molecule has 1 amide bonds. The van der Waals surface area contributed by atoms with Gasteiger partial charge in [-0.3, -0.25) is 14.9 Å².